The van der Waals surface area contributed by atoms with Gasteiger partial charge in [0.1, 0.15) is 0 Å². The molecule has 5 heteroatoms. The molecule has 1 N–H and O–H groups in total. The zero-order chi connectivity index (χ0) is 16.4. The minimum absolute atomic E-state index is 0.230. The van der Waals surface area contributed by atoms with Crippen molar-refractivity contribution in [3.05, 3.63) is 35.9 Å². The summed E-state index contributed by atoms with van der Waals surface area (Å²) in [6, 6.07) is 9.48. The van der Waals surface area contributed by atoms with E-state index in [0.29, 0.717) is 0 Å². The average molecular weight is 325 g/mol. The Bertz CT molecular complexity index is 586. The molecule has 1 aromatic rings. The van der Waals surface area contributed by atoms with Gasteiger partial charge in [-0.15, -0.1) is 0 Å². The average Bonchev–Trinajstić information content (AvgIpc) is 2.46. The second-order valence-electron chi connectivity index (χ2n) is 7.21. The van der Waals surface area contributed by atoms with Crippen LogP contribution in [0, 0.1) is 5.41 Å². The fraction of sp³-hybridized carbons (Fsp3) is 0.647. The van der Waals surface area contributed by atoms with Crippen LogP contribution < -0.4 is 0 Å². The fourth-order valence-electron chi connectivity index (χ4n) is 3.41. The topological polar surface area (TPSA) is 57.6 Å². The van der Waals surface area contributed by atoms with Gasteiger partial charge in [-0.25, -0.2) is 0 Å². The molecule has 1 aliphatic carbocycles. The van der Waals surface area contributed by atoms with Crippen molar-refractivity contribution in [2.75, 3.05) is 0 Å². The number of rotatable bonds is 5. The molecule has 4 nitrogen and oxygen atoms in total. The molecule has 1 aliphatic rings. The summed E-state index contributed by atoms with van der Waals surface area (Å²) in [5.41, 5.74) is 0.674. The van der Waals surface area contributed by atoms with E-state index < -0.39 is 15.8 Å². The van der Waals surface area contributed by atoms with E-state index in [1.807, 2.05) is 37.3 Å². The third-order valence-corrected chi connectivity index (χ3v) is 6.24. The standard InChI is InChI=1S/C17H27NO3S/c1-4-17(12-10-16(2,3)11-13-17)18(22(19,20)21)14-15-8-6-5-7-9-15/h5-9H,4,10-14H2,1-3H3,(H,19,20,21). The molecule has 0 unspecified atom stereocenters. The summed E-state index contributed by atoms with van der Waals surface area (Å²) < 4.78 is 35.2. The van der Waals surface area contributed by atoms with Crippen LogP contribution in [0.2, 0.25) is 0 Å². The Morgan fingerprint density at radius 2 is 1.64 bits per heavy atom. The Hall–Kier alpha value is -0.910. The van der Waals surface area contributed by atoms with Crippen LogP contribution in [-0.2, 0) is 16.8 Å². The summed E-state index contributed by atoms with van der Waals surface area (Å²) in [7, 11) is -4.24. The van der Waals surface area contributed by atoms with Crippen molar-refractivity contribution < 1.29 is 13.0 Å². The SMILES string of the molecule is CCC1(N(Cc2ccccc2)S(=O)(=O)O)CCC(C)(C)CC1. The van der Waals surface area contributed by atoms with Crippen LogP contribution in [0.4, 0.5) is 0 Å². The first-order chi connectivity index (χ1) is 10.2. The number of hydrogen-bond donors (Lipinski definition) is 1. The number of nitrogens with zero attached hydrogens (tertiary/aromatic N) is 1. The highest BCUT2D eigenvalue weighted by Crippen LogP contribution is 2.45. The Morgan fingerprint density at radius 1 is 1.09 bits per heavy atom. The lowest BCUT2D eigenvalue weighted by Crippen LogP contribution is -2.53. The Kier molecular flexibility index (Phi) is 5.00. The quantitative estimate of drug-likeness (QED) is 0.831. The van der Waals surface area contributed by atoms with Gasteiger partial charge in [-0.05, 0) is 43.1 Å². The predicted molar refractivity (Wildman–Crippen MR) is 88.8 cm³/mol. The van der Waals surface area contributed by atoms with Crippen molar-refractivity contribution in [1.82, 2.24) is 4.31 Å². The molecule has 0 atom stereocenters. The Balaban J connectivity index is 2.32. The molecule has 0 amide bonds. The lowest BCUT2D eigenvalue weighted by molar-refractivity contribution is 0.0593. The summed E-state index contributed by atoms with van der Waals surface area (Å²) in [6.07, 6.45) is 4.26. The van der Waals surface area contributed by atoms with Gasteiger partial charge in [-0.3, -0.25) is 4.55 Å². The Morgan fingerprint density at radius 3 is 2.09 bits per heavy atom. The van der Waals surface area contributed by atoms with Crippen molar-refractivity contribution in [3.8, 4) is 0 Å². The molecule has 0 heterocycles. The minimum atomic E-state index is -4.24. The van der Waals surface area contributed by atoms with E-state index >= 15 is 0 Å². The van der Waals surface area contributed by atoms with Gasteiger partial charge in [-0.2, -0.15) is 12.7 Å². The summed E-state index contributed by atoms with van der Waals surface area (Å²) in [5, 5.41) is 0. The first kappa shape index (κ1) is 17.4. The number of benzene rings is 1. The molecule has 0 spiro atoms. The predicted octanol–water partition coefficient (Wildman–Crippen LogP) is 4.04. The van der Waals surface area contributed by atoms with Gasteiger partial charge in [0, 0.05) is 12.1 Å². The summed E-state index contributed by atoms with van der Waals surface area (Å²) in [5.74, 6) is 0. The lowest BCUT2D eigenvalue weighted by atomic mass is 9.68. The summed E-state index contributed by atoms with van der Waals surface area (Å²) >= 11 is 0. The molecule has 124 valence electrons. The molecule has 22 heavy (non-hydrogen) atoms. The third kappa shape index (κ3) is 3.89. The maximum atomic E-state index is 12.0. The molecule has 0 saturated heterocycles. The van der Waals surface area contributed by atoms with E-state index in [9.17, 15) is 13.0 Å². The van der Waals surface area contributed by atoms with E-state index in [-0.39, 0.29) is 12.0 Å². The highest BCUT2D eigenvalue weighted by molar-refractivity contribution is 7.83. The van der Waals surface area contributed by atoms with E-state index in [2.05, 4.69) is 13.8 Å². The maximum absolute atomic E-state index is 12.0. The van der Waals surface area contributed by atoms with Crippen LogP contribution in [0.1, 0.15) is 58.4 Å². The van der Waals surface area contributed by atoms with Crippen LogP contribution in [0.3, 0.4) is 0 Å². The van der Waals surface area contributed by atoms with Crippen LogP contribution in [0.25, 0.3) is 0 Å². The van der Waals surface area contributed by atoms with Crippen molar-refractivity contribution >= 4 is 10.3 Å². The van der Waals surface area contributed by atoms with Crippen molar-refractivity contribution in [1.29, 1.82) is 0 Å². The van der Waals surface area contributed by atoms with Gasteiger partial charge in [-0.1, -0.05) is 51.1 Å². The van der Waals surface area contributed by atoms with Crippen molar-refractivity contribution in [2.24, 2.45) is 5.41 Å². The van der Waals surface area contributed by atoms with Gasteiger partial charge < -0.3 is 0 Å². The minimum Gasteiger partial charge on any atom is -0.273 e. The molecule has 0 radical (unpaired) electrons. The maximum Gasteiger partial charge on any atom is 0.336 e. The zero-order valence-corrected chi connectivity index (χ0v) is 14.6. The molecule has 1 saturated carbocycles. The van der Waals surface area contributed by atoms with Crippen molar-refractivity contribution in [3.63, 3.8) is 0 Å². The molecular formula is C17H27NO3S. The molecule has 0 aliphatic heterocycles. The molecule has 1 fully saturated rings. The van der Waals surface area contributed by atoms with Gasteiger partial charge in [0.25, 0.3) is 0 Å². The van der Waals surface area contributed by atoms with Gasteiger partial charge in [0.05, 0.1) is 0 Å². The molecule has 0 aromatic heterocycles. The van der Waals surface area contributed by atoms with Crippen LogP contribution in [-0.4, -0.2) is 22.8 Å². The van der Waals surface area contributed by atoms with Crippen LogP contribution in [0.5, 0.6) is 0 Å². The largest absolute Gasteiger partial charge is 0.336 e. The smallest absolute Gasteiger partial charge is 0.273 e. The molecular weight excluding hydrogens is 298 g/mol. The van der Waals surface area contributed by atoms with E-state index in [1.165, 1.54) is 4.31 Å². The molecule has 0 bridgehead atoms. The monoisotopic (exact) mass is 325 g/mol. The van der Waals surface area contributed by atoms with Crippen LogP contribution >= 0.6 is 0 Å². The van der Waals surface area contributed by atoms with Gasteiger partial charge in [0.2, 0.25) is 0 Å². The summed E-state index contributed by atoms with van der Waals surface area (Å²) in [6.45, 7) is 6.69. The fourth-order valence-corrected chi connectivity index (χ4v) is 4.53. The zero-order valence-electron chi connectivity index (χ0n) is 13.7. The normalized spacial score (nSPS) is 21.0. The van der Waals surface area contributed by atoms with Gasteiger partial charge in [0.15, 0.2) is 0 Å². The molecule has 1 aromatic carbocycles. The lowest BCUT2D eigenvalue weighted by Gasteiger charge is -2.48. The van der Waals surface area contributed by atoms with Crippen molar-refractivity contribution in [2.45, 2.75) is 65.0 Å². The van der Waals surface area contributed by atoms with Gasteiger partial charge >= 0.3 is 10.3 Å². The highest BCUT2D eigenvalue weighted by Gasteiger charge is 2.45. The Labute approximate surface area is 134 Å². The summed E-state index contributed by atoms with van der Waals surface area (Å²) in [4.78, 5) is 0. The first-order valence-corrected chi connectivity index (χ1v) is 9.37. The number of hydrogen-bond acceptors (Lipinski definition) is 2. The molecule has 2 rings (SSSR count). The third-order valence-electron chi connectivity index (χ3n) is 5.17. The van der Waals surface area contributed by atoms with Crippen LogP contribution in [0.15, 0.2) is 30.3 Å². The van der Waals surface area contributed by atoms with E-state index in [1.54, 1.807) is 0 Å². The highest BCUT2D eigenvalue weighted by atomic mass is 32.2. The van der Waals surface area contributed by atoms with E-state index in [0.717, 1.165) is 37.7 Å². The second-order valence-corrected chi connectivity index (χ2v) is 8.55. The first-order valence-electron chi connectivity index (χ1n) is 7.98. The van der Waals surface area contributed by atoms with E-state index in [4.69, 9.17) is 0 Å². The second kappa shape index (κ2) is 6.30.